The highest BCUT2D eigenvalue weighted by atomic mass is 19.1. The van der Waals surface area contributed by atoms with Crippen LogP contribution in [-0.2, 0) is 6.42 Å². The van der Waals surface area contributed by atoms with Gasteiger partial charge in [-0.1, -0.05) is 44.2 Å². The standard InChI is InChI=1S/C16H24FN/c17-16-8-4-7-15(13-16)10-12-18-11-9-14-5-2-1-3-6-14/h4,7-8,13-14,18H,1-3,5-6,9-12H2. The molecule has 1 aromatic carbocycles. The van der Waals surface area contributed by atoms with Gasteiger partial charge in [-0.15, -0.1) is 0 Å². The van der Waals surface area contributed by atoms with Gasteiger partial charge < -0.3 is 5.32 Å². The average Bonchev–Trinajstić information content (AvgIpc) is 2.40. The second-order valence-corrected chi connectivity index (χ2v) is 5.42. The summed E-state index contributed by atoms with van der Waals surface area (Å²) < 4.78 is 13.0. The Balaban J connectivity index is 1.55. The zero-order chi connectivity index (χ0) is 12.6. The van der Waals surface area contributed by atoms with Crippen LogP contribution >= 0.6 is 0 Å². The summed E-state index contributed by atoms with van der Waals surface area (Å²) in [4.78, 5) is 0. The molecule has 0 aromatic heterocycles. The molecule has 1 aromatic rings. The Morgan fingerprint density at radius 2 is 1.94 bits per heavy atom. The Hall–Kier alpha value is -0.890. The largest absolute Gasteiger partial charge is 0.316 e. The van der Waals surface area contributed by atoms with E-state index in [9.17, 15) is 4.39 Å². The third-order valence-corrected chi connectivity index (χ3v) is 3.93. The van der Waals surface area contributed by atoms with Gasteiger partial charge in [0, 0.05) is 0 Å². The third-order valence-electron chi connectivity index (χ3n) is 3.93. The lowest BCUT2D eigenvalue weighted by Crippen LogP contribution is -2.21. The predicted octanol–water partition coefficient (Wildman–Crippen LogP) is 3.93. The van der Waals surface area contributed by atoms with Gasteiger partial charge in [-0.25, -0.2) is 4.39 Å². The molecule has 0 saturated heterocycles. The molecule has 0 unspecified atom stereocenters. The van der Waals surface area contributed by atoms with Crippen molar-refractivity contribution in [3.63, 3.8) is 0 Å². The maximum atomic E-state index is 13.0. The number of benzene rings is 1. The van der Waals surface area contributed by atoms with Crippen molar-refractivity contribution in [1.82, 2.24) is 5.32 Å². The predicted molar refractivity (Wildman–Crippen MR) is 74.2 cm³/mol. The van der Waals surface area contributed by atoms with Gasteiger partial charge in [0.25, 0.3) is 0 Å². The van der Waals surface area contributed by atoms with Crippen LogP contribution in [0.15, 0.2) is 24.3 Å². The molecule has 1 saturated carbocycles. The van der Waals surface area contributed by atoms with Crippen LogP contribution in [0.5, 0.6) is 0 Å². The first-order valence-corrected chi connectivity index (χ1v) is 7.30. The molecule has 1 N–H and O–H groups in total. The van der Waals surface area contributed by atoms with E-state index in [1.54, 1.807) is 12.1 Å². The molecule has 0 amide bonds. The van der Waals surface area contributed by atoms with Crippen LogP contribution in [0.4, 0.5) is 4.39 Å². The quantitative estimate of drug-likeness (QED) is 0.753. The molecule has 2 rings (SSSR count). The average molecular weight is 249 g/mol. The van der Waals surface area contributed by atoms with Gasteiger partial charge in [0.2, 0.25) is 0 Å². The molecular weight excluding hydrogens is 225 g/mol. The monoisotopic (exact) mass is 249 g/mol. The molecule has 1 fully saturated rings. The van der Waals surface area contributed by atoms with Crippen molar-refractivity contribution in [2.75, 3.05) is 13.1 Å². The molecule has 1 aliphatic carbocycles. The lowest BCUT2D eigenvalue weighted by molar-refractivity contribution is 0.334. The maximum absolute atomic E-state index is 13.0. The van der Waals surface area contributed by atoms with Crippen molar-refractivity contribution in [1.29, 1.82) is 0 Å². The summed E-state index contributed by atoms with van der Waals surface area (Å²) in [6.45, 7) is 2.07. The highest BCUT2D eigenvalue weighted by Gasteiger charge is 2.12. The molecular formula is C16H24FN. The van der Waals surface area contributed by atoms with Crippen molar-refractivity contribution >= 4 is 0 Å². The van der Waals surface area contributed by atoms with Crippen molar-refractivity contribution in [3.8, 4) is 0 Å². The van der Waals surface area contributed by atoms with Crippen LogP contribution in [0.1, 0.15) is 44.1 Å². The lowest BCUT2D eigenvalue weighted by atomic mass is 9.87. The number of hydrogen-bond acceptors (Lipinski definition) is 1. The molecule has 100 valence electrons. The van der Waals surface area contributed by atoms with Gasteiger partial charge in [0.05, 0.1) is 0 Å². The molecule has 0 spiro atoms. The van der Waals surface area contributed by atoms with Crippen molar-refractivity contribution < 1.29 is 4.39 Å². The van der Waals surface area contributed by atoms with Crippen LogP contribution in [0, 0.1) is 11.7 Å². The Bertz CT molecular complexity index is 345. The zero-order valence-corrected chi connectivity index (χ0v) is 11.1. The van der Waals surface area contributed by atoms with Crippen LogP contribution in [0.25, 0.3) is 0 Å². The van der Waals surface area contributed by atoms with Crippen molar-refractivity contribution in [2.24, 2.45) is 5.92 Å². The minimum Gasteiger partial charge on any atom is -0.316 e. The fraction of sp³-hybridized carbons (Fsp3) is 0.625. The number of hydrogen-bond donors (Lipinski definition) is 1. The van der Waals surface area contributed by atoms with Crippen molar-refractivity contribution in [3.05, 3.63) is 35.6 Å². The van der Waals surface area contributed by atoms with Gasteiger partial charge in [-0.3, -0.25) is 0 Å². The molecule has 0 bridgehead atoms. The molecule has 0 atom stereocenters. The van der Waals surface area contributed by atoms with E-state index in [0.29, 0.717) is 0 Å². The Labute approximate surface area is 110 Å². The number of halogens is 1. The minimum absolute atomic E-state index is 0.130. The first-order chi connectivity index (χ1) is 8.84. The van der Waals surface area contributed by atoms with Gasteiger partial charge in [-0.2, -0.15) is 0 Å². The summed E-state index contributed by atoms with van der Waals surface area (Å²) >= 11 is 0. The minimum atomic E-state index is -0.130. The topological polar surface area (TPSA) is 12.0 Å². The summed E-state index contributed by atoms with van der Waals surface area (Å²) in [5.74, 6) is 0.815. The Kier molecular flexibility index (Phi) is 5.66. The van der Waals surface area contributed by atoms with E-state index < -0.39 is 0 Å². The molecule has 0 radical (unpaired) electrons. The fourth-order valence-electron chi connectivity index (χ4n) is 2.83. The van der Waals surface area contributed by atoms with Crippen LogP contribution in [0.3, 0.4) is 0 Å². The first kappa shape index (κ1) is 13.5. The molecule has 2 heteroatoms. The second-order valence-electron chi connectivity index (χ2n) is 5.42. The molecule has 18 heavy (non-hydrogen) atoms. The summed E-state index contributed by atoms with van der Waals surface area (Å²) in [5, 5.41) is 3.48. The van der Waals surface area contributed by atoms with Crippen LogP contribution in [-0.4, -0.2) is 13.1 Å². The highest BCUT2D eigenvalue weighted by molar-refractivity contribution is 5.16. The van der Waals surface area contributed by atoms with Crippen LogP contribution < -0.4 is 5.32 Å². The van der Waals surface area contributed by atoms with Gasteiger partial charge in [-0.05, 0) is 49.5 Å². The highest BCUT2D eigenvalue weighted by Crippen LogP contribution is 2.25. The van der Waals surface area contributed by atoms with E-state index in [1.807, 2.05) is 6.07 Å². The molecule has 1 nitrogen and oxygen atoms in total. The van der Waals surface area contributed by atoms with Gasteiger partial charge in [0.15, 0.2) is 0 Å². The lowest BCUT2D eigenvalue weighted by Gasteiger charge is -2.21. The van der Waals surface area contributed by atoms with E-state index in [-0.39, 0.29) is 5.82 Å². The third kappa shape index (κ3) is 4.77. The Morgan fingerprint density at radius 1 is 1.11 bits per heavy atom. The van der Waals surface area contributed by atoms with E-state index in [4.69, 9.17) is 0 Å². The van der Waals surface area contributed by atoms with E-state index in [1.165, 1.54) is 44.6 Å². The smallest absolute Gasteiger partial charge is 0.123 e. The van der Waals surface area contributed by atoms with Gasteiger partial charge >= 0.3 is 0 Å². The molecule has 0 heterocycles. The SMILES string of the molecule is Fc1cccc(CCNCCC2CCCCC2)c1. The molecule has 1 aliphatic rings. The fourth-order valence-corrected chi connectivity index (χ4v) is 2.83. The van der Waals surface area contributed by atoms with Crippen molar-refractivity contribution in [2.45, 2.75) is 44.9 Å². The van der Waals surface area contributed by atoms with E-state index in [0.717, 1.165) is 31.0 Å². The van der Waals surface area contributed by atoms with Gasteiger partial charge in [0.1, 0.15) is 5.82 Å². The molecule has 0 aliphatic heterocycles. The Morgan fingerprint density at radius 3 is 2.72 bits per heavy atom. The number of nitrogens with one attached hydrogen (secondary N) is 1. The summed E-state index contributed by atoms with van der Waals surface area (Å²) in [6.07, 6.45) is 9.36. The van der Waals surface area contributed by atoms with Crippen LogP contribution in [0.2, 0.25) is 0 Å². The second kappa shape index (κ2) is 7.52. The first-order valence-electron chi connectivity index (χ1n) is 7.30. The number of rotatable bonds is 6. The van der Waals surface area contributed by atoms with E-state index in [2.05, 4.69) is 5.32 Å². The summed E-state index contributed by atoms with van der Waals surface area (Å²) in [6, 6.07) is 6.90. The normalized spacial score (nSPS) is 16.9. The summed E-state index contributed by atoms with van der Waals surface area (Å²) in [5.41, 5.74) is 1.08. The summed E-state index contributed by atoms with van der Waals surface area (Å²) in [7, 11) is 0. The van der Waals surface area contributed by atoms with E-state index >= 15 is 0 Å². The maximum Gasteiger partial charge on any atom is 0.123 e. The zero-order valence-electron chi connectivity index (χ0n) is 11.1.